The van der Waals surface area contributed by atoms with Gasteiger partial charge in [-0.15, -0.1) is 0 Å². The molecule has 9 heteroatoms. The van der Waals surface area contributed by atoms with Crippen LogP contribution in [0.5, 0.6) is 5.75 Å². The largest absolute Gasteiger partial charge is 0.487 e. The van der Waals surface area contributed by atoms with Crippen molar-refractivity contribution in [2.75, 3.05) is 37.7 Å². The van der Waals surface area contributed by atoms with E-state index in [1.807, 2.05) is 18.7 Å². The molecule has 0 aliphatic carbocycles. The number of nitrogens with one attached hydrogen (secondary N) is 1. The molecule has 0 radical (unpaired) electrons. The molecule has 0 amide bonds. The number of aromatic nitrogens is 3. The Morgan fingerprint density at radius 2 is 2.08 bits per heavy atom. The van der Waals surface area contributed by atoms with E-state index in [0.717, 1.165) is 24.7 Å². The van der Waals surface area contributed by atoms with E-state index in [1.165, 1.54) is 0 Å². The number of aryl methyl sites for hydroxylation is 1. The van der Waals surface area contributed by atoms with Crippen LogP contribution >= 0.6 is 0 Å². The molecular weight excluding hydrogens is 324 g/mol. The lowest BCUT2D eigenvalue weighted by Crippen LogP contribution is -2.46. The highest BCUT2D eigenvalue weighted by atomic mass is 16.6. The third kappa shape index (κ3) is 3.87. The van der Waals surface area contributed by atoms with E-state index in [9.17, 15) is 10.1 Å². The second-order valence-corrected chi connectivity index (χ2v) is 5.91. The van der Waals surface area contributed by atoms with E-state index in [2.05, 4.69) is 20.1 Å². The van der Waals surface area contributed by atoms with Crippen LogP contribution in [0.25, 0.3) is 0 Å². The molecule has 1 aromatic carbocycles. The highest BCUT2D eigenvalue weighted by molar-refractivity contribution is 5.70. The summed E-state index contributed by atoms with van der Waals surface area (Å²) in [5, 5.41) is 18.5. The molecule has 1 saturated heterocycles. The Hall–Kier alpha value is -2.68. The quantitative estimate of drug-likeness (QED) is 0.628. The van der Waals surface area contributed by atoms with Crippen LogP contribution in [0.2, 0.25) is 0 Å². The van der Waals surface area contributed by atoms with Crippen molar-refractivity contribution in [2.24, 2.45) is 0 Å². The summed E-state index contributed by atoms with van der Waals surface area (Å²) >= 11 is 0. The van der Waals surface area contributed by atoms with Gasteiger partial charge in [0.2, 0.25) is 0 Å². The standard InChI is InChI=1S/C16H22N6O3/c1-3-25-14-6-4-5-13(16(14)22(23)24)21-9-7-20(8-10-21)11-15-17-12(2)18-19-15/h4-6H,3,7-11H2,1-2H3,(H,17,18,19). The summed E-state index contributed by atoms with van der Waals surface area (Å²) in [5.74, 6) is 1.90. The van der Waals surface area contributed by atoms with Gasteiger partial charge in [-0.05, 0) is 26.0 Å². The highest BCUT2D eigenvalue weighted by Crippen LogP contribution is 2.37. The number of nitro benzene ring substituents is 1. The molecule has 134 valence electrons. The number of aromatic amines is 1. The fourth-order valence-electron chi connectivity index (χ4n) is 3.03. The highest BCUT2D eigenvalue weighted by Gasteiger charge is 2.27. The van der Waals surface area contributed by atoms with E-state index in [0.29, 0.717) is 37.7 Å². The molecule has 1 aliphatic rings. The molecule has 1 fully saturated rings. The number of nitrogens with zero attached hydrogens (tertiary/aromatic N) is 5. The average Bonchev–Trinajstić information content (AvgIpc) is 3.00. The zero-order valence-electron chi connectivity index (χ0n) is 14.4. The molecule has 3 rings (SSSR count). The summed E-state index contributed by atoms with van der Waals surface area (Å²) < 4.78 is 5.43. The zero-order chi connectivity index (χ0) is 17.8. The van der Waals surface area contributed by atoms with Crippen LogP contribution in [-0.2, 0) is 6.54 Å². The second kappa shape index (κ2) is 7.47. The molecular formula is C16H22N6O3. The minimum atomic E-state index is -0.358. The number of rotatable bonds is 6. The Labute approximate surface area is 145 Å². The van der Waals surface area contributed by atoms with Crippen molar-refractivity contribution in [3.63, 3.8) is 0 Å². The van der Waals surface area contributed by atoms with Crippen molar-refractivity contribution < 1.29 is 9.66 Å². The Bertz CT molecular complexity index is 739. The first kappa shape index (κ1) is 17.2. The molecule has 9 nitrogen and oxygen atoms in total. The number of H-pyrrole nitrogens is 1. The van der Waals surface area contributed by atoms with Gasteiger partial charge in [0, 0.05) is 26.2 Å². The summed E-state index contributed by atoms with van der Waals surface area (Å²) in [6, 6.07) is 5.23. The van der Waals surface area contributed by atoms with E-state index >= 15 is 0 Å². The van der Waals surface area contributed by atoms with Gasteiger partial charge in [0.25, 0.3) is 0 Å². The van der Waals surface area contributed by atoms with Gasteiger partial charge in [-0.2, -0.15) is 5.10 Å². The summed E-state index contributed by atoms with van der Waals surface area (Å²) in [7, 11) is 0. The van der Waals surface area contributed by atoms with Crippen molar-refractivity contribution in [3.8, 4) is 5.75 Å². The first-order chi connectivity index (χ1) is 12.1. The fourth-order valence-corrected chi connectivity index (χ4v) is 3.03. The molecule has 0 atom stereocenters. The lowest BCUT2D eigenvalue weighted by atomic mass is 10.2. The van der Waals surface area contributed by atoms with Crippen LogP contribution < -0.4 is 9.64 Å². The van der Waals surface area contributed by atoms with Gasteiger partial charge >= 0.3 is 5.69 Å². The summed E-state index contributed by atoms with van der Waals surface area (Å²) in [5.41, 5.74) is 0.659. The van der Waals surface area contributed by atoms with Crippen LogP contribution in [0.1, 0.15) is 18.6 Å². The molecule has 2 heterocycles. The van der Waals surface area contributed by atoms with Crippen molar-refractivity contribution >= 4 is 11.4 Å². The number of hydrogen-bond donors (Lipinski definition) is 1. The maximum absolute atomic E-state index is 11.5. The van der Waals surface area contributed by atoms with Gasteiger partial charge in [0.05, 0.1) is 18.1 Å². The first-order valence-electron chi connectivity index (χ1n) is 8.34. The lowest BCUT2D eigenvalue weighted by Gasteiger charge is -2.35. The number of hydrogen-bond acceptors (Lipinski definition) is 7. The number of para-hydroxylation sites is 1. The van der Waals surface area contributed by atoms with Crippen LogP contribution in [-0.4, -0.2) is 57.8 Å². The van der Waals surface area contributed by atoms with Crippen LogP contribution in [0.4, 0.5) is 11.4 Å². The number of benzene rings is 1. The summed E-state index contributed by atoms with van der Waals surface area (Å²) in [4.78, 5) is 19.8. The molecule has 0 unspecified atom stereocenters. The Morgan fingerprint density at radius 3 is 2.68 bits per heavy atom. The molecule has 0 saturated carbocycles. The molecule has 1 N–H and O–H groups in total. The third-order valence-electron chi connectivity index (χ3n) is 4.18. The van der Waals surface area contributed by atoms with E-state index in [1.54, 1.807) is 18.2 Å². The molecule has 25 heavy (non-hydrogen) atoms. The number of piperazine rings is 1. The van der Waals surface area contributed by atoms with Gasteiger partial charge in [-0.25, -0.2) is 4.98 Å². The smallest absolute Gasteiger partial charge is 0.333 e. The normalized spacial score (nSPS) is 15.4. The molecule has 0 bridgehead atoms. The molecule has 0 spiro atoms. The summed E-state index contributed by atoms with van der Waals surface area (Å²) in [6.45, 7) is 7.78. The van der Waals surface area contributed by atoms with Crippen molar-refractivity contribution in [3.05, 3.63) is 40.0 Å². The topological polar surface area (TPSA) is 100 Å². The second-order valence-electron chi connectivity index (χ2n) is 5.91. The minimum Gasteiger partial charge on any atom is -0.487 e. The van der Waals surface area contributed by atoms with Gasteiger partial charge < -0.3 is 9.64 Å². The lowest BCUT2D eigenvalue weighted by molar-refractivity contribution is -0.385. The van der Waals surface area contributed by atoms with Crippen LogP contribution in [0.15, 0.2) is 18.2 Å². The predicted molar refractivity (Wildman–Crippen MR) is 92.9 cm³/mol. The monoisotopic (exact) mass is 346 g/mol. The maximum atomic E-state index is 11.5. The molecule has 1 aromatic heterocycles. The predicted octanol–water partition coefficient (Wildman–Crippen LogP) is 1.74. The van der Waals surface area contributed by atoms with Gasteiger partial charge in [-0.1, -0.05) is 6.07 Å². The van der Waals surface area contributed by atoms with Gasteiger partial charge in [-0.3, -0.25) is 20.1 Å². The number of nitro groups is 1. The van der Waals surface area contributed by atoms with Gasteiger partial charge in [0.15, 0.2) is 11.6 Å². The first-order valence-corrected chi connectivity index (χ1v) is 8.34. The minimum absolute atomic E-state index is 0.0439. The maximum Gasteiger partial charge on any atom is 0.333 e. The van der Waals surface area contributed by atoms with Crippen molar-refractivity contribution in [2.45, 2.75) is 20.4 Å². The van der Waals surface area contributed by atoms with Crippen molar-refractivity contribution in [1.82, 2.24) is 20.1 Å². The van der Waals surface area contributed by atoms with E-state index in [-0.39, 0.29) is 10.6 Å². The Balaban J connectivity index is 1.70. The van der Waals surface area contributed by atoms with Crippen LogP contribution in [0.3, 0.4) is 0 Å². The number of anilines is 1. The number of ether oxygens (including phenoxy) is 1. The molecule has 2 aromatic rings. The Kier molecular flexibility index (Phi) is 5.13. The molecule has 1 aliphatic heterocycles. The van der Waals surface area contributed by atoms with E-state index < -0.39 is 0 Å². The third-order valence-corrected chi connectivity index (χ3v) is 4.18. The SMILES string of the molecule is CCOc1cccc(N2CCN(Cc3n[nH]c(C)n3)CC2)c1[N+](=O)[O-]. The zero-order valence-corrected chi connectivity index (χ0v) is 14.4. The average molecular weight is 346 g/mol. The van der Waals surface area contributed by atoms with Crippen molar-refractivity contribution in [1.29, 1.82) is 0 Å². The van der Waals surface area contributed by atoms with Crippen LogP contribution in [0, 0.1) is 17.0 Å². The summed E-state index contributed by atoms with van der Waals surface area (Å²) in [6.07, 6.45) is 0. The van der Waals surface area contributed by atoms with E-state index in [4.69, 9.17) is 4.74 Å². The van der Waals surface area contributed by atoms with Gasteiger partial charge in [0.1, 0.15) is 11.5 Å². The Morgan fingerprint density at radius 1 is 1.32 bits per heavy atom. The fraction of sp³-hybridized carbons (Fsp3) is 0.500.